The number of nitrogens with zero attached hydrogens (tertiary/aromatic N) is 6. The molecule has 4 heterocycles. The highest BCUT2D eigenvalue weighted by Gasteiger charge is 2.57. The highest BCUT2D eigenvalue weighted by Crippen LogP contribution is 2.58. The van der Waals surface area contributed by atoms with Gasteiger partial charge in [0.15, 0.2) is 11.3 Å². The van der Waals surface area contributed by atoms with E-state index in [9.17, 15) is 0 Å². The van der Waals surface area contributed by atoms with E-state index >= 15 is 0 Å². The molecule has 2 fully saturated rings. The largest absolute Gasteiger partial charge is 0.365 e. The molecule has 4 aromatic heterocycles. The number of pyridine rings is 1. The van der Waals surface area contributed by atoms with Gasteiger partial charge in [-0.25, -0.2) is 9.97 Å². The molecule has 28 heavy (non-hydrogen) atoms. The summed E-state index contributed by atoms with van der Waals surface area (Å²) in [7, 11) is 0. The monoisotopic (exact) mass is 370 g/mol. The van der Waals surface area contributed by atoms with Crippen LogP contribution in [0.5, 0.6) is 0 Å². The number of hydrogen-bond acceptors (Lipinski definition) is 6. The lowest BCUT2D eigenvalue weighted by molar-refractivity contribution is 0.389. The molecule has 4 aromatic rings. The van der Waals surface area contributed by atoms with Crippen molar-refractivity contribution >= 4 is 22.6 Å². The van der Waals surface area contributed by atoms with Gasteiger partial charge < -0.3 is 10.3 Å². The highest BCUT2D eigenvalue weighted by molar-refractivity contribution is 5.74. The predicted octanol–water partition coefficient (Wildman–Crippen LogP) is 2.94. The molecule has 2 saturated carbocycles. The normalized spacial score (nSPS) is 26.1. The molecule has 0 saturated heterocycles. The third-order valence-electron chi connectivity index (χ3n) is 6.54. The van der Waals surface area contributed by atoms with Crippen LogP contribution < -0.4 is 5.32 Å². The van der Waals surface area contributed by atoms with Crippen molar-refractivity contribution in [3.63, 3.8) is 0 Å². The van der Waals surface area contributed by atoms with Gasteiger partial charge >= 0.3 is 0 Å². The zero-order valence-corrected chi connectivity index (χ0v) is 15.2. The van der Waals surface area contributed by atoms with Crippen LogP contribution in [0.1, 0.15) is 43.5 Å². The van der Waals surface area contributed by atoms with Crippen molar-refractivity contribution in [2.75, 3.05) is 5.32 Å². The number of hydrogen-bond donors (Lipinski definition) is 2. The summed E-state index contributed by atoms with van der Waals surface area (Å²) in [4.78, 5) is 12.0. The number of nitriles is 1. The number of fused-ring (bicyclic) bond motifs is 5. The fraction of sp³-hybridized carbons (Fsp3) is 0.350. The van der Waals surface area contributed by atoms with Crippen molar-refractivity contribution in [1.82, 2.24) is 29.5 Å². The molecule has 2 aliphatic carbocycles. The van der Waals surface area contributed by atoms with Gasteiger partial charge in [-0.05, 0) is 50.3 Å². The minimum absolute atomic E-state index is 0.0184. The Labute approximate surface area is 160 Å². The van der Waals surface area contributed by atoms with Crippen molar-refractivity contribution in [3.8, 4) is 6.07 Å². The third-order valence-corrected chi connectivity index (χ3v) is 6.54. The Hall–Kier alpha value is -3.47. The first-order chi connectivity index (χ1) is 13.7. The van der Waals surface area contributed by atoms with Crippen LogP contribution in [-0.2, 0) is 5.41 Å². The van der Waals surface area contributed by atoms with Crippen LogP contribution in [0.25, 0.3) is 16.8 Å². The molecule has 0 spiro atoms. The number of H-pyrrole nitrogens is 1. The van der Waals surface area contributed by atoms with Gasteiger partial charge in [0.1, 0.15) is 17.7 Å². The highest BCUT2D eigenvalue weighted by atomic mass is 15.3. The molecule has 2 bridgehead atoms. The summed E-state index contributed by atoms with van der Waals surface area (Å²) in [6.07, 6.45) is 10.6. The van der Waals surface area contributed by atoms with E-state index in [-0.39, 0.29) is 11.0 Å². The van der Waals surface area contributed by atoms with Gasteiger partial charge in [-0.15, -0.1) is 10.2 Å². The summed E-state index contributed by atoms with van der Waals surface area (Å²) in [5.74, 6) is 1.88. The second-order valence-corrected chi connectivity index (χ2v) is 8.09. The van der Waals surface area contributed by atoms with Crippen molar-refractivity contribution in [1.29, 1.82) is 5.26 Å². The van der Waals surface area contributed by atoms with Crippen LogP contribution >= 0.6 is 0 Å². The Bertz CT molecular complexity index is 1230. The first kappa shape index (κ1) is 15.6. The number of anilines is 1. The quantitative estimate of drug-likeness (QED) is 0.574. The Morgan fingerprint density at radius 1 is 1.07 bits per heavy atom. The first-order valence-corrected chi connectivity index (χ1v) is 9.53. The van der Waals surface area contributed by atoms with Crippen LogP contribution in [0.4, 0.5) is 5.82 Å². The molecule has 0 aliphatic heterocycles. The van der Waals surface area contributed by atoms with E-state index in [0.717, 1.165) is 60.6 Å². The maximum absolute atomic E-state index is 8.97. The van der Waals surface area contributed by atoms with Gasteiger partial charge in [0.2, 0.25) is 0 Å². The minimum atomic E-state index is 0.0184. The summed E-state index contributed by atoms with van der Waals surface area (Å²) >= 11 is 0. The Morgan fingerprint density at radius 2 is 1.96 bits per heavy atom. The van der Waals surface area contributed by atoms with E-state index in [0.29, 0.717) is 5.56 Å². The van der Waals surface area contributed by atoms with E-state index in [2.05, 4.69) is 40.9 Å². The van der Waals surface area contributed by atoms with Crippen LogP contribution in [0.15, 0.2) is 36.8 Å². The second-order valence-electron chi connectivity index (χ2n) is 8.09. The van der Waals surface area contributed by atoms with Gasteiger partial charge in [0, 0.05) is 23.3 Å². The SMILES string of the molecule is N#Cc1ccc(N[C@]23CC[C@](c4nnc5cnc6[nH]ccc6n54)(CC2)C3)nc1. The summed E-state index contributed by atoms with van der Waals surface area (Å²) in [5.41, 5.74) is 3.30. The summed E-state index contributed by atoms with van der Waals surface area (Å²) in [6, 6.07) is 7.86. The van der Waals surface area contributed by atoms with Crippen LogP contribution in [0, 0.1) is 11.3 Å². The lowest BCUT2D eigenvalue weighted by Crippen LogP contribution is -2.33. The number of rotatable bonds is 3. The number of aromatic amines is 1. The van der Waals surface area contributed by atoms with Gasteiger partial charge in [0.25, 0.3) is 0 Å². The minimum Gasteiger partial charge on any atom is -0.365 e. The smallest absolute Gasteiger partial charge is 0.179 e. The molecular weight excluding hydrogens is 352 g/mol. The fourth-order valence-electron chi connectivity index (χ4n) is 5.21. The zero-order valence-electron chi connectivity index (χ0n) is 15.2. The second kappa shape index (κ2) is 5.29. The van der Waals surface area contributed by atoms with E-state index in [1.54, 1.807) is 12.4 Å². The molecule has 8 nitrogen and oxygen atoms in total. The maximum Gasteiger partial charge on any atom is 0.179 e. The Balaban J connectivity index is 1.38. The van der Waals surface area contributed by atoms with E-state index in [4.69, 9.17) is 5.26 Å². The Kier molecular flexibility index (Phi) is 2.94. The van der Waals surface area contributed by atoms with Gasteiger partial charge in [-0.2, -0.15) is 5.26 Å². The van der Waals surface area contributed by atoms with Gasteiger partial charge in [0.05, 0.1) is 17.3 Å². The van der Waals surface area contributed by atoms with Gasteiger partial charge in [-0.3, -0.25) is 4.40 Å². The van der Waals surface area contributed by atoms with Crippen LogP contribution in [-0.4, -0.2) is 35.1 Å². The fourth-order valence-corrected chi connectivity index (χ4v) is 5.21. The molecule has 2 aliphatic rings. The first-order valence-electron chi connectivity index (χ1n) is 9.53. The molecule has 138 valence electrons. The van der Waals surface area contributed by atoms with Crippen molar-refractivity contribution in [2.24, 2.45) is 0 Å². The average Bonchev–Trinajstić information content (AvgIpc) is 3.49. The summed E-state index contributed by atoms with van der Waals surface area (Å²) < 4.78 is 2.17. The third kappa shape index (κ3) is 2.04. The molecule has 0 amide bonds. The lowest BCUT2D eigenvalue weighted by atomic mass is 9.83. The number of nitrogens with one attached hydrogen (secondary N) is 2. The van der Waals surface area contributed by atoms with Crippen LogP contribution in [0.2, 0.25) is 0 Å². The zero-order chi connectivity index (χ0) is 18.8. The van der Waals surface area contributed by atoms with Gasteiger partial charge in [-0.1, -0.05) is 0 Å². The van der Waals surface area contributed by atoms with E-state index in [1.165, 1.54) is 0 Å². The average molecular weight is 370 g/mol. The van der Waals surface area contributed by atoms with Crippen LogP contribution in [0.3, 0.4) is 0 Å². The van der Waals surface area contributed by atoms with Crippen molar-refractivity contribution < 1.29 is 0 Å². The maximum atomic E-state index is 8.97. The molecule has 0 atom stereocenters. The van der Waals surface area contributed by atoms with E-state index in [1.807, 2.05) is 24.4 Å². The van der Waals surface area contributed by atoms with Crippen molar-refractivity contribution in [2.45, 2.75) is 43.1 Å². The molecule has 0 unspecified atom stereocenters. The lowest BCUT2D eigenvalue weighted by Gasteiger charge is -2.28. The molecule has 8 heteroatoms. The molecule has 0 aromatic carbocycles. The van der Waals surface area contributed by atoms with E-state index < -0.39 is 0 Å². The van der Waals surface area contributed by atoms with Crippen molar-refractivity contribution in [3.05, 3.63) is 48.2 Å². The summed E-state index contributed by atoms with van der Waals surface area (Å²) in [6.45, 7) is 0. The molecule has 2 N–H and O–H groups in total. The molecule has 6 rings (SSSR count). The standard InChI is InChI=1S/C20H18N8/c21-9-13-1-2-15(23-10-13)25-20-6-4-19(12-20,5-7-20)18-27-26-16-11-24-17-14(28(16)18)3-8-22-17/h1-3,8,10-11,22H,4-7,12H2,(H,23,25)/t19-,20+. The Morgan fingerprint density at radius 3 is 2.75 bits per heavy atom. The molecular formula is C20H18N8. The predicted molar refractivity (Wildman–Crippen MR) is 103 cm³/mol. The summed E-state index contributed by atoms with van der Waals surface area (Å²) in [5, 5.41) is 21.7. The molecule has 0 radical (unpaired) electrons. The topological polar surface area (TPSA) is 108 Å². The number of aromatic nitrogens is 6.